The molecule has 0 spiro atoms. The Morgan fingerprint density at radius 1 is 1.28 bits per heavy atom. The molecule has 3 heterocycles. The van der Waals surface area contributed by atoms with Crippen LogP contribution in [0.3, 0.4) is 0 Å². The van der Waals surface area contributed by atoms with Crippen molar-refractivity contribution in [1.29, 1.82) is 0 Å². The van der Waals surface area contributed by atoms with Gasteiger partial charge >= 0.3 is 5.97 Å². The smallest absolute Gasteiger partial charge is 0.308 e. The van der Waals surface area contributed by atoms with E-state index in [-0.39, 0.29) is 5.92 Å². The number of likely N-dealkylation sites (tertiary alicyclic amines) is 1. The fourth-order valence-corrected chi connectivity index (χ4v) is 3.63. The van der Waals surface area contributed by atoms with Crippen molar-refractivity contribution in [2.45, 2.75) is 19.4 Å². The number of hydrogen-bond donors (Lipinski definition) is 1. The molecule has 0 saturated carbocycles. The minimum absolute atomic E-state index is 0.000559. The first-order valence-electron chi connectivity index (χ1n) is 8.45. The molecule has 1 aliphatic rings. The summed E-state index contributed by atoms with van der Waals surface area (Å²) >= 11 is 0. The highest BCUT2D eigenvalue weighted by Crippen LogP contribution is 2.34. The van der Waals surface area contributed by atoms with E-state index in [1.807, 2.05) is 49.4 Å². The monoisotopic (exact) mass is 336 g/mol. The zero-order valence-electron chi connectivity index (χ0n) is 14.1. The van der Waals surface area contributed by atoms with Crippen molar-refractivity contribution >= 4 is 17.1 Å². The van der Waals surface area contributed by atoms with Gasteiger partial charge in [0.15, 0.2) is 5.58 Å². The van der Waals surface area contributed by atoms with Crippen molar-refractivity contribution < 1.29 is 14.3 Å². The molecule has 1 aliphatic heterocycles. The van der Waals surface area contributed by atoms with Crippen molar-refractivity contribution in [2.24, 2.45) is 5.92 Å². The summed E-state index contributed by atoms with van der Waals surface area (Å²) in [5.74, 6) is -0.312. The molecule has 0 aliphatic carbocycles. The zero-order chi connectivity index (χ0) is 17.4. The van der Waals surface area contributed by atoms with E-state index in [1.54, 1.807) is 6.20 Å². The number of aryl methyl sites for hydroxylation is 1. The summed E-state index contributed by atoms with van der Waals surface area (Å²) < 4.78 is 5.83. The van der Waals surface area contributed by atoms with Gasteiger partial charge in [-0.05, 0) is 24.6 Å². The lowest BCUT2D eigenvalue weighted by atomic mass is 9.89. The highest BCUT2D eigenvalue weighted by atomic mass is 16.4. The fraction of sp³-hybridized carbons (Fsp3) is 0.300. The van der Waals surface area contributed by atoms with Gasteiger partial charge in [-0.1, -0.05) is 29.8 Å². The van der Waals surface area contributed by atoms with Crippen LogP contribution in [0.5, 0.6) is 0 Å². The van der Waals surface area contributed by atoms with Crippen LogP contribution in [0.2, 0.25) is 0 Å². The Kier molecular flexibility index (Phi) is 4.01. The van der Waals surface area contributed by atoms with Crippen LogP contribution in [0.4, 0.5) is 0 Å². The molecule has 0 amide bonds. The summed E-state index contributed by atoms with van der Waals surface area (Å²) in [5.41, 5.74) is 3.87. The maximum Gasteiger partial charge on any atom is 0.308 e. The number of hydrogen-bond acceptors (Lipinski definition) is 4. The second-order valence-corrected chi connectivity index (χ2v) is 6.76. The number of carboxylic acid groups (broad SMARTS) is 1. The Bertz CT molecular complexity index is 868. The number of aromatic nitrogens is 1. The fourth-order valence-electron chi connectivity index (χ4n) is 3.63. The van der Waals surface area contributed by atoms with Gasteiger partial charge < -0.3 is 9.52 Å². The normalized spacial score (nSPS) is 21.0. The van der Waals surface area contributed by atoms with E-state index in [4.69, 9.17) is 4.42 Å². The van der Waals surface area contributed by atoms with E-state index < -0.39 is 11.9 Å². The summed E-state index contributed by atoms with van der Waals surface area (Å²) in [4.78, 5) is 18.2. The summed E-state index contributed by atoms with van der Waals surface area (Å²) in [7, 11) is 0. The predicted molar refractivity (Wildman–Crippen MR) is 94.3 cm³/mol. The van der Waals surface area contributed by atoms with Crippen molar-refractivity contribution in [2.75, 3.05) is 13.1 Å². The van der Waals surface area contributed by atoms with Gasteiger partial charge in [-0.2, -0.15) is 0 Å². The number of benzene rings is 1. The number of furan rings is 1. The largest absolute Gasteiger partial charge is 0.481 e. The molecule has 1 aromatic carbocycles. The second-order valence-electron chi connectivity index (χ2n) is 6.76. The van der Waals surface area contributed by atoms with Gasteiger partial charge in [0.05, 0.1) is 12.5 Å². The van der Waals surface area contributed by atoms with Gasteiger partial charge in [-0.25, -0.2) is 0 Å². The summed E-state index contributed by atoms with van der Waals surface area (Å²) in [5, 5.41) is 9.64. The van der Waals surface area contributed by atoms with E-state index >= 15 is 0 Å². The SMILES string of the molecule is Cc1ccc([C@@H]2CN(Cc3cc4ncccc4o3)C[C@H]2C(=O)O)cc1. The molecule has 1 N–H and O–H groups in total. The van der Waals surface area contributed by atoms with Crippen molar-refractivity contribution in [3.05, 3.63) is 65.5 Å². The molecule has 5 nitrogen and oxygen atoms in total. The van der Waals surface area contributed by atoms with Crippen LogP contribution >= 0.6 is 0 Å². The number of pyridine rings is 1. The van der Waals surface area contributed by atoms with E-state index in [0.717, 1.165) is 22.4 Å². The van der Waals surface area contributed by atoms with Gasteiger partial charge in [-0.15, -0.1) is 0 Å². The molecule has 2 aromatic heterocycles. The molecule has 1 fully saturated rings. The van der Waals surface area contributed by atoms with E-state index in [2.05, 4.69) is 9.88 Å². The Balaban J connectivity index is 1.55. The highest BCUT2D eigenvalue weighted by Gasteiger charge is 2.38. The molecule has 4 rings (SSSR count). The number of nitrogens with zero attached hydrogens (tertiary/aromatic N) is 2. The van der Waals surface area contributed by atoms with Gasteiger partial charge in [0.2, 0.25) is 0 Å². The Hall–Kier alpha value is -2.66. The zero-order valence-corrected chi connectivity index (χ0v) is 14.1. The van der Waals surface area contributed by atoms with Crippen LogP contribution in [0, 0.1) is 12.8 Å². The third kappa shape index (κ3) is 3.15. The van der Waals surface area contributed by atoms with Gasteiger partial charge in [0.25, 0.3) is 0 Å². The van der Waals surface area contributed by atoms with Gasteiger partial charge in [-0.3, -0.25) is 14.7 Å². The first kappa shape index (κ1) is 15.8. The highest BCUT2D eigenvalue weighted by molar-refractivity contribution is 5.73. The number of rotatable bonds is 4. The summed E-state index contributed by atoms with van der Waals surface area (Å²) in [6.07, 6.45) is 1.74. The van der Waals surface area contributed by atoms with Crippen molar-refractivity contribution in [3.63, 3.8) is 0 Å². The third-order valence-corrected chi connectivity index (χ3v) is 4.94. The van der Waals surface area contributed by atoms with E-state index in [9.17, 15) is 9.90 Å². The maximum atomic E-state index is 11.7. The number of fused-ring (bicyclic) bond motifs is 1. The molecule has 0 unspecified atom stereocenters. The topological polar surface area (TPSA) is 66.6 Å². The molecule has 2 atom stereocenters. The minimum Gasteiger partial charge on any atom is -0.481 e. The lowest BCUT2D eigenvalue weighted by molar-refractivity contribution is -0.141. The summed E-state index contributed by atoms with van der Waals surface area (Å²) in [6.45, 7) is 3.88. The number of carbonyl (C=O) groups is 1. The Labute approximate surface area is 145 Å². The van der Waals surface area contributed by atoms with Crippen molar-refractivity contribution in [3.8, 4) is 0 Å². The minimum atomic E-state index is -0.737. The van der Waals surface area contributed by atoms with Crippen LogP contribution in [0.25, 0.3) is 11.1 Å². The molecule has 3 aromatic rings. The summed E-state index contributed by atoms with van der Waals surface area (Å²) in [6, 6.07) is 13.9. The van der Waals surface area contributed by atoms with Gasteiger partial charge in [0.1, 0.15) is 11.3 Å². The molecule has 25 heavy (non-hydrogen) atoms. The lowest BCUT2D eigenvalue weighted by Crippen LogP contribution is -2.23. The maximum absolute atomic E-state index is 11.7. The van der Waals surface area contributed by atoms with Gasteiger partial charge in [0, 0.05) is 31.3 Å². The molecular formula is C20H20N2O3. The Morgan fingerprint density at radius 3 is 2.80 bits per heavy atom. The van der Waals surface area contributed by atoms with Crippen LogP contribution in [-0.2, 0) is 11.3 Å². The lowest BCUT2D eigenvalue weighted by Gasteiger charge is -2.15. The van der Waals surface area contributed by atoms with Crippen LogP contribution in [0.1, 0.15) is 22.8 Å². The van der Waals surface area contributed by atoms with Crippen molar-refractivity contribution in [1.82, 2.24) is 9.88 Å². The standard InChI is InChI=1S/C20H20N2O3/c1-13-4-6-14(7-5-13)16-11-22(12-17(16)20(23)24)10-15-9-18-19(25-15)3-2-8-21-18/h2-9,16-17H,10-12H2,1H3,(H,23,24)/t16-,17+/m0/s1. The second kappa shape index (κ2) is 6.33. The van der Waals surface area contributed by atoms with Crippen LogP contribution in [0.15, 0.2) is 53.1 Å². The molecule has 5 heteroatoms. The molecule has 0 radical (unpaired) electrons. The molecule has 0 bridgehead atoms. The van der Waals surface area contributed by atoms with E-state index in [0.29, 0.717) is 19.6 Å². The third-order valence-electron chi connectivity index (χ3n) is 4.94. The molecule has 128 valence electrons. The first-order valence-corrected chi connectivity index (χ1v) is 8.45. The number of carboxylic acids is 1. The van der Waals surface area contributed by atoms with Crippen LogP contribution < -0.4 is 0 Å². The predicted octanol–water partition coefficient (Wildman–Crippen LogP) is 3.44. The quantitative estimate of drug-likeness (QED) is 0.790. The molecular weight excluding hydrogens is 316 g/mol. The first-order chi connectivity index (χ1) is 12.1. The van der Waals surface area contributed by atoms with E-state index in [1.165, 1.54) is 5.56 Å². The number of aliphatic carboxylic acids is 1. The Morgan fingerprint density at radius 2 is 2.08 bits per heavy atom. The van der Waals surface area contributed by atoms with Crippen LogP contribution in [-0.4, -0.2) is 34.0 Å². The average Bonchev–Trinajstić information content (AvgIpc) is 3.19. The average molecular weight is 336 g/mol. The molecule has 1 saturated heterocycles.